The molecule has 0 aromatic heterocycles. The van der Waals surface area contributed by atoms with Crippen LogP contribution in [0, 0.1) is 12.8 Å². The minimum absolute atomic E-state index is 0.220. The zero-order chi connectivity index (χ0) is 15.4. The predicted molar refractivity (Wildman–Crippen MR) is 89.6 cm³/mol. The molecule has 2 heterocycles. The van der Waals surface area contributed by atoms with E-state index in [0.717, 1.165) is 45.6 Å². The molecule has 1 aromatic rings. The van der Waals surface area contributed by atoms with Crippen molar-refractivity contribution in [3.8, 4) is 0 Å². The van der Waals surface area contributed by atoms with Gasteiger partial charge in [0.1, 0.15) is 0 Å². The van der Waals surface area contributed by atoms with Crippen LogP contribution in [0.5, 0.6) is 0 Å². The van der Waals surface area contributed by atoms with Gasteiger partial charge in [-0.3, -0.25) is 9.69 Å². The minimum Gasteiger partial charge on any atom is -0.342 e. The third-order valence-corrected chi connectivity index (χ3v) is 5.05. The summed E-state index contributed by atoms with van der Waals surface area (Å²) < 4.78 is 0. The SMILES string of the molecule is Cc1ccc(CN2CCC[C@@H](C(=O)N3CCCCC3)C2)cc1. The Morgan fingerprint density at radius 3 is 2.50 bits per heavy atom. The first-order valence-corrected chi connectivity index (χ1v) is 8.79. The number of carbonyl (C=O) groups excluding carboxylic acids is 1. The summed E-state index contributed by atoms with van der Waals surface area (Å²) in [6, 6.07) is 8.78. The number of amides is 1. The zero-order valence-corrected chi connectivity index (χ0v) is 13.8. The summed E-state index contributed by atoms with van der Waals surface area (Å²) >= 11 is 0. The lowest BCUT2D eigenvalue weighted by Crippen LogP contribution is -2.46. The largest absolute Gasteiger partial charge is 0.342 e. The Balaban J connectivity index is 1.56. The van der Waals surface area contributed by atoms with E-state index in [1.54, 1.807) is 0 Å². The van der Waals surface area contributed by atoms with E-state index in [1.807, 2.05) is 0 Å². The van der Waals surface area contributed by atoms with E-state index in [1.165, 1.54) is 30.4 Å². The van der Waals surface area contributed by atoms with Crippen molar-refractivity contribution in [1.82, 2.24) is 9.80 Å². The van der Waals surface area contributed by atoms with Crippen molar-refractivity contribution in [2.45, 2.75) is 45.6 Å². The van der Waals surface area contributed by atoms with Crippen LogP contribution in [-0.4, -0.2) is 41.9 Å². The second kappa shape index (κ2) is 7.28. The van der Waals surface area contributed by atoms with Crippen molar-refractivity contribution in [3.63, 3.8) is 0 Å². The van der Waals surface area contributed by atoms with Crippen molar-refractivity contribution in [1.29, 1.82) is 0 Å². The Morgan fingerprint density at radius 2 is 1.77 bits per heavy atom. The number of rotatable bonds is 3. The molecule has 1 amide bonds. The number of likely N-dealkylation sites (tertiary alicyclic amines) is 2. The third kappa shape index (κ3) is 3.89. The molecule has 3 rings (SSSR count). The Labute approximate surface area is 134 Å². The highest BCUT2D eigenvalue weighted by atomic mass is 16.2. The molecule has 0 saturated carbocycles. The van der Waals surface area contributed by atoms with Gasteiger partial charge in [0, 0.05) is 26.2 Å². The molecule has 0 unspecified atom stereocenters. The van der Waals surface area contributed by atoms with Crippen LogP contribution in [0.25, 0.3) is 0 Å². The Bertz CT molecular complexity index is 491. The van der Waals surface area contributed by atoms with E-state index in [4.69, 9.17) is 0 Å². The first kappa shape index (κ1) is 15.5. The van der Waals surface area contributed by atoms with Crippen LogP contribution in [0.2, 0.25) is 0 Å². The fraction of sp³-hybridized carbons (Fsp3) is 0.632. The summed E-state index contributed by atoms with van der Waals surface area (Å²) in [6.45, 7) is 7.11. The highest BCUT2D eigenvalue weighted by Crippen LogP contribution is 2.22. The van der Waals surface area contributed by atoms with Gasteiger partial charge in [0.25, 0.3) is 0 Å². The summed E-state index contributed by atoms with van der Waals surface area (Å²) in [6.07, 6.45) is 5.88. The molecule has 0 bridgehead atoms. The lowest BCUT2D eigenvalue weighted by Gasteiger charge is -2.36. The van der Waals surface area contributed by atoms with Crippen LogP contribution < -0.4 is 0 Å². The van der Waals surface area contributed by atoms with Gasteiger partial charge >= 0.3 is 0 Å². The molecular formula is C19H28N2O. The summed E-state index contributed by atoms with van der Waals surface area (Å²) in [7, 11) is 0. The molecule has 2 aliphatic heterocycles. The molecular weight excluding hydrogens is 272 g/mol. The normalized spacial score (nSPS) is 23.5. The van der Waals surface area contributed by atoms with Crippen LogP contribution in [0.15, 0.2) is 24.3 Å². The summed E-state index contributed by atoms with van der Waals surface area (Å²) in [5.41, 5.74) is 2.66. The lowest BCUT2D eigenvalue weighted by molar-refractivity contribution is -0.138. The molecule has 1 atom stereocenters. The van der Waals surface area contributed by atoms with E-state index in [0.29, 0.717) is 5.91 Å². The van der Waals surface area contributed by atoms with Crippen molar-refractivity contribution in [3.05, 3.63) is 35.4 Å². The van der Waals surface area contributed by atoms with Gasteiger partial charge in [-0.05, 0) is 51.1 Å². The molecule has 0 aliphatic carbocycles. The fourth-order valence-electron chi connectivity index (χ4n) is 3.72. The monoisotopic (exact) mass is 300 g/mol. The fourth-order valence-corrected chi connectivity index (χ4v) is 3.72. The van der Waals surface area contributed by atoms with Gasteiger partial charge in [-0.25, -0.2) is 0 Å². The number of carbonyl (C=O) groups is 1. The molecule has 2 aliphatic rings. The lowest BCUT2D eigenvalue weighted by atomic mass is 9.95. The van der Waals surface area contributed by atoms with Gasteiger partial charge in [0.15, 0.2) is 0 Å². The highest BCUT2D eigenvalue weighted by Gasteiger charge is 2.29. The minimum atomic E-state index is 0.220. The second-order valence-electron chi connectivity index (χ2n) is 6.95. The number of hydrogen-bond acceptors (Lipinski definition) is 2. The number of piperidine rings is 2. The molecule has 1 aromatic carbocycles. The Morgan fingerprint density at radius 1 is 1.05 bits per heavy atom. The third-order valence-electron chi connectivity index (χ3n) is 5.05. The van der Waals surface area contributed by atoms with E-state index >= 15 is 0 Å². The highest BCUT2D eigenvalue weighted by molar-refractivity contribution is 5.79. The van der Waals surface area contributed by atoms with E-state index < -0.39 is 0 Å². The molecule has 0 N–H and O–H groups in total. The number of aryl methyl sites for hydroxylation is 1. The standard InChI is InChI=1S/C19H28N2O/c1-16-7-9-17(10-8-16)14-20-11-5-6-18(15-20)19(22)21-12-3-2-4-13-21/h7-10,18H,2-6,11-15H2,1H3/t18-/m1/s1. The van der Waals surface area contributed by atoms with E-state index in [2.05, 4.69) is 41.0 Å². The van der Waals surface area contributed by atoms with Crippen LogP contribution in [0.4, 0.5) is 0 Å². The molecule has 3 heteroatoms. The van der Waals surface area contributed by atoms with Gasteiger partial charge in [-0.1, -0.05) is 29.8 Å². The van der Waals surface area contributed by atoms with Gasteiger partial charge < -0.3 is 4.90 Å². The summed E-state index contributed by atoms with van der Waals surface area (Å²) in [5, 5.41) is 0. The van der Waals surface area contributed by atoms with Gasteiger partial charge in [0.2, 0.25) is 5.91 Å². The first-order valence-electron chi connectivity index (χ1n) is 8.79. The molecule has 0 radical (unpaired) electrons. The number of hydrogen-bond donors (Lipinski definition) is 0. The van der Waals surface area contributed by atoms with Crippen molar-refractivity contribution >= 4 is 5.91 Å². The molecule has 2 fully saturated rings. The van der Waals surface area contributed by atoms with Crippen LogP contribution in [-0.2, 0) is 11.3 Å². The van der Waals surface area contributed by atoms with E-state index in [9.17, 15) is 4.79 Å². The predicted octanol–water partition coefficient (Wildman–Crippen LogP) is 3.22. The second-order valence-corrected chi connectivity index (χ2v) is 6.95. The Kier molecular flexibility index (Phi) is 5.14. The molecule has 22 heavy (non-hydrogen) atoms. The van der Waals surface area contributed by atoms with Gasteiger partial charge in [0.05, 0.1) is 5.92 Å². The van der Waals surface area contributed by atoms with Crippen LogP contribution in [0.3, 0.4) is 0 Å². The first-order chi connectivity index (χ1) is 10.7. The van der Waals surface area contributed by atoms with Crippen molar-refractivity contribution < 1.29 is 4.79 Å². The molecule has 0 spiro atoms. The Hall–Kier alpha value is -1.35. The zero-order valence-electron chi connectivity index (χ0n) is 13.8. The average molecular weight is 300 g/mol. The maximum Gasteiger partial charge on any atom is 0.226 e. The maximum atomic E-state index is 12.7. The molecule has 3 nitrogen and oxygen atoms in total. The number of nitrogens with zero attached hydrogens (tertiary/aromatic N) is 2. The van der Waals surface area contributed by atoms with Gasteiger partial charge in [-0.15, -0.1) is 0 Å². The smallest absolute Gasteiger partial charge is 0.226 e. The quantitative estimate of drug-likeness (QED) is 0.856. The van der Waals surface area contributed by atoms with Crippen LogP contribution >= 0.6 is 0 Å². The van der Waals surface area contributed by atoms with E-state index in [-0.39, 0.29) is 5.92 Å². The van der Waals surface area contributed by atoms with Crippen LogP contribution in [0.1, 0.15) is 43.2 Å². The summed E-state index contributed by atoms with van der Waals surface area (Å²) in [4.78, 5) is 17.3. The molecule has 120 valence electrons. The summed E-state index contributed by atoms with van der Waals surface area (Å²) in [5.74, 6) is 0.630. The molecule has 2 saturated heterocycles. The van der Waals surface area contributed by atoms with Gasteiger partial charge in [-0.2, -0.15) is 0 Å². The average Bonchev–Trinajstić information content (AvgIpc) is 2.57. The van der Waals surface area contributed by atoms with Crippen molar-refractivity contribution in [2.75, 3.05) is 26.2 Å². The maximum absolute atomic E-state index is 12.7. The number of benzene rings is 1. The topological polar surface area (TPSA) is 23.6 Å². The van der Waals surface area contributed by atoms with Crippen molar-refractivity contribution in [2.24, 2.45) is 5.92 Å².